The van der Waals surface area contributed by atoms with Gasteiger partial charge in [0.1, 0.15) is 6.10 Å². The van der Waals surface area contributed by atoms with Crippen molar-refractivity contribution in [2.24, 2.45) is 0 Å². The van der Waals surface area contributed by atoms with E-state index in [0.717, 1.165) is 25.3 Å². The van der Waals surface area contributed by atoms with Gasteiger partial charge < -0.3 is 5.32 Å². The molecule has 0 spiro atoms. The summed E-state index contributed by atoms with van der Waals surface area (Å²) in [7, 11) is 0. The van der Waals surface area contributed by atoms with Crippen LogP contribution in [0.4, 0.5) is 0 Å². The number of thioether (sulfide) groups is 1. The Morgan fingerprint density at radius 1 is 1.80 bits per heavy atom. The van der Waals surface area contributed by atoms with Crippen molar-refractivity contribution in [2.45, 2.75) is 24.7 Å². The lowest BCUT2D eigenvalue weighted by Crippen LogP contribution is -2.38. The largest absolute Gasteiger partial charge is 0.315 e. The zero-order chi connectivity index (χ0) is 7.40. The fraction of sp³-hybridized carbons (Fsp3) is 1.00. The van der Waals surface area contributed by atoms with Gasteiger partial charge in [0.15, 0.2) is 0 Å². The van der Waals surface area contributed by atoms with Gasteiger partial charge in [-0.2, -0.15) is 11.8 Å². The number of rotatable bonds is 2. The second-order valence-electron chi connectivity index (χ2n) is 2.56. The van der Waals surface area contributed by atoms with Crippen molar-refractivity contribution in [1.82, 2.24) is 5.32 Å². The number of nitrogens with one attached hydrogen (secondary N) is 1. The molecule has 1 N–H and O–H groups in total. The van der Waals surface area contributed by atoms with Crippen LogP contribution in [0.5, 0.6) is 0 Å². The summed E-state index contributed by atoms with van der Waals surface area (Å²) in [6, 6.07) is 0. The van der Waals surface area contributed by atoms with E-state index in [1.54, 1.807) is 0 Å². The molecule has 0 aromatic carbocycles. The van der Waals surface area contributed by atoms with E-state index in [-0.39, 0.29) is 6.10 Å². The normalized spacial score (nSPS) is 30.0. The summed E-state index contributed by atoms with van der Waals surface area (Å²) in [5.41, 5.74) is 0. The highest BCUT2D eigenvalue weighted by Crippen LogP contribution is 2.18. The molecular formula is C7H14NOS. The highest BCUT2D eigenvalue weighted by atomic mass is 32.2. The van der Waals surface area contributed by atoms with E-state index in [9.17, 15) is 5.11 Å². The fourth-order valence-electron chi connectivity index (χ4n) is 1.09. The van der Waals surface area contributed by atoms with Gasteiger partial charge in [-0.15, -0.1) is 0 Å². The highest BCUT2D eigenvalue weighted by Gasteiger charge is 2.21. The third-order valence-electron chi connectivity index (χ3n) is 1.77. The first-order chi connectivity index (χ1) is 4.84. The van der Waals surface area contributed by atoms with E-state index in [1.165, 1.54) is 0 Å². The van der Waals surface area contributed by atoms with Gasteiger partial charge in [0.25, 0.3) is 0 Å². The Hall–Kier alpha value is 0.270. The van der Waals surface area contributed by atoms with Crippen LogP contribution in [0.3, 0.4) is 0 Å². The van der Waals surface area contributed by atoms with Crippen molar-refractivity contribution >= 4 is 11.8 Å². The lowest BCUT2D eigenvalue weighted by Gasteiger charge is -2.24. The van der Waals surface area contributed by atoms with Gasteiger partial charge >= 0.3 is 0 Å². The summed E-state index contributed by atoms with van der Waals surface area (Å²) in [6.07, 6.45) is 0.400. The molecule has 1 fully saturated rings. The third kappa shape index (κ3) is 2.15. The van der Waals surface area contributed by atoms with Gasteiger partial charge in [0.2, 0.25) is 0 Å². The molecular weight excluding hydrogens is 146 g/mol. The monoisotopic (exact) mass is 160 g/mol. The van der Waals surface area contributed by atoms with Crippen LogP contribution in [0.1, 0.15) is 13.3 Å². The maximum Gasteiger partial charge on any atom is 0.106 e. The molecule has 10 heavy (non-hydrogen) atoms. The summed E-state index contributed by atoms with van der Waals surface area (Å²) >= 11 is 1.82. The second-order valence-corrected chi connectivity index (χ2v) is 3.91. The quantitative estimate of drug-likeness (QED) is 0.651. The molecule has 1 heterocycles. The van der Waals surface area contributed by atoms with E-state index in [1.807, 2.05) is 18.7 Å². The van der Waals surface area contributed by atoms with Gasteiger partial charge in [-0.1, -0.05) is 6.92 Å². The zero-order valence-corrected chi connectivity index (χ0v) is 7.12. The third-order valence-corrected chi connectivity index (χ3v) is 3.11. The van der Waals surface area contributed by atoms with Crippen molar-refractivity contribution in [3.05, 3.63) is 0 Å². The molecule has 3 heteroatoms. The molecule has 2 atom stereocenters. The molecule has 0 aromatic heterocycles. The summed E-state index contributed by atoms with van der Waals surface area (Å²) < 4.78 is 0. The summed E-state index contributed by atoms with van der Waals surface area (Å²) in [5, 5.41) is 14.7. The van der Waals surface area contributed by atoms with Gasteiger partial charge in [-0.3, -0.25) is 0 Å². The van der Waals surface area contributed by atoms with E-state index in [2.05, 4.69) is 5.32 Å². The number of hydrogen-bond acceptors (Lipinski definition) is 2. The van der Waals surface area contributed by atoms with E-state index >= 15 is 0 Å². The van der Waals surface area contributed by atoms with Crippen molar-refractivity contribution in [3.63, 3.8) is 0 Å². The number of hydrogen-bond donors (Lipinski definition) is 1. The average Bonchev–Trinajstić information content (AvgIpc) is 2.05. The predicted octanol–water partition coefficient (Wildman–Crippen LogP) is 0.900. The molecule has 1 aliphatic heterocycles. The molecule has 0 saturated carbocycles. The van der Waals surface area contributed by atoms with Crippen LogP contribution >= 0.6 is 11.8 Å². The molecule has 1 saturated heterocycles. The van der Waals surface area contributed by atoms with E-state index in [4.69, 9.17) is 0 Å². The Bertz CT molecular complexity index is 93.6. The molecule has 0 aliphatic carbocycles. The SMILES string of the molecule is CCC([O])C1CNCCS1. The van der Waals surface area contributed by atoms with Gasteiger partial charge in [0.05, 0.1) is 0 Å². The molecule has 1 radical (unpaired) electrons. The maximum absolute atomic E-state index is 11.2. The smallest absolute Gasteiger partial charge is 0.106 e. The average molecular weight is 160 g/mol. The van der Waals surface area contributed by atoms with Gasteiger partial charge in [0, 0.05) is 24.1 Å². The Balaban J connectivity index is 2.24. The van der Waals surface area contributed by atoms with Crippen LogP contribution in [0, 0.1) is 0 Å². The van der Waals surface area contributed by atoms with Crippen molar-refractivity contribution in [3.8, 4) is 0 Å². The van der Waals surface area contributed by atoms with Crippen LogP contribution in [0.25, 0.3) is 0 Å². The highest BCUT2D eigenvalue weighted by molar-refractivity contribution is 8.00. The molecule has 0 bridgehead atoms. The standard InChI is InChI=1S/C7H14NOS/c1-2-6(9)7-5-8-3-4-10-7/h6-8H,2-5H2,1H3. The van der Waals surface area contributed by atoms with Crippen LogP contribution in [0.2, 0.25) is 0 Å². The Morgan fingerprint density at radius 3 is 3.10 bits per heavy atom. The minimum atomic E-state index is -0.363. The lowest BCUT2D eigenvalue weighted by atomic mass is 10.2. The van der Waals surface area contributed by atoms with Crippen LogP contribution in [-0.4, -0.2) is 30.2 Å². The van der Waals surface area contributed by atoms with Crippen molar-refractivity contribution < 1.29 is 5.11 Å². The second kappa shape index (κ2) is 4.21. The molecule has 1 aliphatic rings. The van der Waals surface area contributed by atoms with Crippen LogP contribution in [0.15, 0.2) is 0 Å². The fourth-order valence-corrected chi connectivity index (χ4v) is 2.30. The summed E-state index contributed by atoms with van der Waals surface area (Å²) in [4.78, 5) is 0. The van der Waals surface area contributed by atoms with E-state index < -0.39 is 0 Å². The summed E-state index contributed by atoms with van der Waals surface area (Å²) in [5.74, 6) is 1.10. The first-order valence-corrected chi connectivity index (χ1v) is 4.87. The predicted molar refractivity (Wildman–Crippen MR) is 43.9 cm³/mol. The molecule has 0 aromatic rings. The molecule has 59 valence electrons. The minimum absolute atomic E-state index is 0.318. The van der Waals surface area contributed by atoms with Gasteiger partial charge in [-0.25, -0.2) is 5.11 Å². The first-order valence-electron chi connectivity index (χ1n) is 3.82. The van der Waals surface area contributed by atoms with Crippen molar-refractivity contribution in [2.75, 3.05) is 18.8 Å². The Labute approximate surface area is 66.4 Å². The first kappa shape index (κ1) is 8.37. The van der Waals surface area contributed by atoms with E-state index in [0.29, 0.717) is 5.25 Å². The molecule has 1 rings (SSSR count). The Morgan fingerprint density at radius 2 is 2.60 bits per heavy atom. The van der Waals surface area contributed by atoms with Gasteiger partial charge in [-0.05, 0) is 6.42 Å². The maximum atomic E-state index is 11.2. The lowest BCUT2D eigenvalue weighted by molar-refractivity contribution is 0.0825. The molecule has 2 nitrogen and oxygen atoms in total. The van der Waals surface area contributed by atoms with Crippen LogP contribution in [-0.2, 0) is 5.11 Å². The minimum Gasteiger partial charge on any atom is -0.315 e. The molecule has 0 amide bonds. The molecule has 2 unspecified atom stereocenters. The Kier molecular flexibility index (Phi) is 3.52. The van der Waals surface area contributed by atoms with Crippen LogP contribution < -0.4 is 5.32 Å². The van der Waals surface area contributed by atoms with Crippen molar-refractivity contribution in [1.29, 1.82) is 0 Å². The topological polar surface area (TPSA) is 31.9 Å². The zero-order valence-electron chi connectivity index (χ0n) is 6.30. The summed E-state index contributed by atoms with van der Waals surface area (Å²) in [6.45, 7) is 3.94.